The Morgan fingerprint density at radius 1 is 1.00 bits per heavy atom. The van der Waals surface area contributed by atoms with Gasteiger partial charge in [0, 0.05) is 10.6 Å². The molecule has 0 aromatic heterocycles. The van der Waals surface area contributed by atoms with E-state index in [-0.39, 0.29) is 5.56 Å². The zero-order valence-electron chi connectivity index (χ0n) is 11.0. The van der Waals surface area contributed by atoms with E-state index in [0.717, 1.165) is 5.56 Å². The quantitative estimate of drug-likeness (QED) is 0.887. The average Bonchev–Trinajstić information content (AvgIpc) is 2.44. The van der Waals surface area contributed by atoms with E-state index in [1.54, 1.807) is 12.1 Å². The number of anilines is 1. The minimum absolute atomic E-state index is 0.114. The van der Waals surface area contributed by atoms with E-state index in [1.807, 2.05) is 6.92 Å². The van der Waals surface area contributed by atoms with Gasteiger partial charge in [-0.3, -0.25) is 4.79 Å². The molecule has 2 rings (SSSR count). The van der Waals surface area contributed by atoms with Crippen molar-refractivity contribution in [3.8, 4) is 0 Å². The lowest BCUT2D eigenvalue weighted by Gasteiger charge is -2.09. The number of carboxylic acid groups (broad SMARTS) is 1. The maximum Gasteiger partial charge on any atom is 0.335 e. The molecular formula is C15H11Cl2NO3. The summed E-state index contributed by atoms with van der Waals surface area (Å²) in [6, 6.07) is 8.82. The van der Waals surface area contributed by atoms with Gasteiger partial charge in [0.1, 0.15) is 0 Å². The predicted molar refractivity (Wildman–Crippen MR) is 82.6 cm³/mol. The highest BCUT2D eigenvalue weighted by Crippen LogP contribution is 2.29. The van der Waals surface area contributed by atoms with Crippen molar-refractivity contribution >= 4 is 40.8 Å². The number of rotatable bonds is 3. The molecule has 0 fully saturated rings. The highest BCUT2D eigenvalue weighted by atomic mass is 35.5. The number of carbonyl (C=O) groups excluding carboxylic acids is 1. The molecule has 0 spiro atoms. The van der Waals surface area contributed by atoms with Crippen LogP contribution in [-0.2, 0) is 0 Å². The summed E-state index contributed by atoms with van der Waals surface area (Å²) < 4.78 is 0. The summed E-state index contributed by atoms with van der Waals surface area (Å²) in [6.45, 7) is 1.81. The summed E-state index contributed by atoms with van der Waals surface area (Å²) in [5.41, 5.74) is 1.65. The highest BCUT2D eigenvalue weighted by Gasteiger charge is 2.11. The van der Waals surface area contributed by atoms with Crippen LogP contribution in [0.15, 0.2) is 36.4 Å². The SMILES string of the molecule is Cc1cc(Cl)c(NC(=O)c2ccc(C(=O)O)cc2)cc1Cl. The van der Waals surface area contributed by atoms with Gasteiger partial charge in [-0.2, -0.15) is 0 Å². The zero-order chi connectivity index (χ0) is 15.6. The molecule has 0 radical (unpaired) electrons. The molecule has 0 aliphatic carbocycles. The van der Waals surface area contributed by atoms with Crippen molar-refractivity contribution < 1.29 is 14.7 Å². The van der Waals surface area contributed by atoms with Crippen LogP contribution in [0.25, 0.3) is 0 Å². The Balaban J connectivity index is 2.22. The van der Waals surface area contributed by atoms with E-state index in [1.165, 1.54) is 24.3 Å². The van der Waals surface area contributed by atoms with E-state index in [2.05, 4.69) is 5.32 Å². The van der Waals surface area contributed by atoms with Gasteiger partial charge in [0.05, 0.1) is 16.3 Å². The molecule has 21 heavy (non-hydrogen) atoms. The van der Waals surface area contributed by atoms with E-state index < -0.39 is 11.9 Å². The standard InChI is InChI=1S/C15H11Cl2NO3/c1-8-6-12(17)13(7-11(8)16)18-14(19)9-2-4-10(5-3-9)15(20)21/h2-7H,1H3,(H,18,19)(H,20,21). The van der Waals surface area contributed by atoms with Crippen LogP contribution in [0.5, 0.6) is 0 Å². The summed E-state index contributed by atoms with van der Waals surface area (Å²) in [4.78, 5) is 22.8. The third kappa shape index (κ3) is 3.54. The van der Waals surface area contributed by atoms with Crippen LogP contribution in [0.3, 0.4) is 0 Å². The first-order valence-electron chi connectivity index (χ1n) is 5.99. The zero-order valence-corrected chi connectivity index (χ0v) is 12.5. The third-order valence-electron chi connectivity index (χ3n) is 2.89. The van der Waals surface area contributed by atoms with Crippen molar-refractivity contribution in [3.63, 3.8) is 0 Å². The molecule has 0 saturated heterocycles. The van der Waals surface area contributed by atoms with Gasteiger partial charge < -0.3 is 10.4 Å². The second-order valence-electron chi connectivity index (χ2n) is 4.42. The fourth-order valence-electron chi connectivity index (χ4n) is 1.70. The number of nitrogens with one attached hydrogen (secondary N) is 1. The topological polar surface area (TPSA) is 66.4 Å². The second kappa shape index (κ2) is 6.16. The Hall–Kier alpha value is -2.04. The third-order valence-corrected chi connectivity index (χ3v) is 3.61. The molecular weight excluding hydrogens is 313 g/mol. The maximum atomic E-state index is 12.1. The molecule has 6 heteroatoms. The van der Waals surface area contributed by atoms with E-state index >= 15 is 0 Å². The van der Waals surface area contributed by atoms with Crippen LogP contribution in [0, 0.1) is 6.92 Å². The lowest BCUT2D eigenvalue weighted by atomic mass is 10.1. The fraction of sp³-hybridized carbons (Fsp3) is 0.0667. The molecule has 1 amide bonds. The highest BCUT2D eigenvalue weighted by molar-refractivity contribution is 6.36. The largest absolute Gasteiger partial charge is 0.478 e. The number of hydrogen-bond donors (Lipinski definition) is 2. The van der Waals surface area contributed by atoms with Crippen molar-refractivity contribution in [1.82, 2.24) is 0 Å². The predicted octanol–water partition coefficient (Wildman–Crippen LogP) is 4.25. The summed E-state index contributed by atoms with van der Waals surface area (Å²) in [5.74, 6) is -1.44. The van der Waals surface area contributed by atoms with Crippen LogP contribution in [0.4, 0.5) is 5.69 Å². The number of amides is 1. The number of benzene rings is 2. The lowest BCUT2D eigenvalue weighted by Crippen LogP contribution is -2.12. The molecule has 0 atom stereocenters. The van der Waals surface area contributed by atoms with E-state index in [9.17, 15) is 9.59 Å². The van der Waals surface area contributed by atoms with Gasteiger partial charge in [-0.25, -0.2) is 4.79 Å². The molecule has 2 N–H and O–H groups in total. The van der Waals surface area contributed by atoms with Crippen LogP contribution >= 0.6 is 23.2 Å². The lowest BCUT2D eigenvalue weighted by molar-refractivity contribution is 0.0696. The van der Waals surface area contributed by atoms with Crippen molar-refractivity contribution in [2.24, 2.45) is 0 Å². The molecule has 108 valence electrons. The first-order valence-corrected chi connectivity index (χ1v) is 6.74. The molecule has 2 aromatic rings. The summed E-state index contributed by atoms with van der Waals surface area (Å²) >= 11 is 12.0. The second-order valence-corrected chi connectivity index (χ2v) is 5.23. The summed E-state index contributed by atoms with van der Waals surface area (Å²) in [7, 11) is 0. The van der Waals surface area contributed by atoms with Gasteiger partial charge >= 0.3 is 5.97 Å². The van der Waals surface area contributed by atoms with Crippen molar-refractivity contribution in [3.05, 3.63) is 63.1 Å². The van der Waals surface area contributed by atoms with Crippen molar-refractivity contribution in [1.29, 1.82) is 0 Å². The Kier molecular flexibility index (Phi) is 4.50. The molecule has 0 aliphatic rings. The summed E-state index contributed by atoms with van der Waals surface area (Å²) in [5, 5.41) is 12.3. The molecule has 0 unspecified atom stereocenters. The van der Waals surface area contributed by atoms with Gasteiger partial charge in [0.2, 0.25) is 0 Å². The van der Waals surface area contributed by atoms with E-state index in [4.69, 9.17) is 28.3 Å². The first kappa shape index (κ1) is 15.4. The van der Waals surface area contributed by atoms with E-state index in [0.29, 0.717) is 21.3 Å². The van der Waals surface area contributed by atoms with Crippen molar-refractivity contribution in [2.45, 2.75) is 6.92 Å². The normalized spacial score (nSPS) is 10.2. The van der Waals surface area contributed by atoms with Crippen LogP contribution in [0.2, 0.25) is 10.0 Å². The first-order chi connectivity index (χ1) is 9.88. The van der Waals surface area contributed by atoms with Gasteiger partial charge in [-0.05, 0) is 48.9 Å². The fourth-order valence-corrected chi connectivity index (χ4v) is 2.13. The maximum absolute atomic E-state index is 12.1. The number of hydrogen-bond acceptors (Lipinski definition) is 2. The monoisotopic (exact) mass is 323 g/mol. The number of carboxylic acids is 1. The minimum atomic E-state index is -1.05. The Labute approximate surface area is 131 Å². The molecule has 0 aliphatic heterocycles. The molecule has 0 heterocycles. The average molecular weight is 324 g/mol. The van der Waals surface area contributed by atoms with Crippen LogP contribution < -0.4 is 5.32 Å². The number of aromatic carboxylic acids is 1. The molecule has 0 bridgehead atoms. The summed E-state index contributed by atoms with van der Waals surface area (Å²) in [6.07, 6.45) is 0. The van der Waals surface area contributed by atoms with Crippen LogP contribution in [0.1, 0.15) is 26.3 Å². The number of aryl methyl sites for hydroxylation is 1. The molecule has 4 nitrogen and oxygen atoms in total. The van der Waals surface area contributed by atoms with Gasteiger partial charge in [0.25, 0.3) is 5.91 Å². The Morgan fingerprint density at radius 2 is 1.57 bits per heavy atom. The minimum Gasteiger partial charge on any atom is -0.478 e. The van der Waals surface area contributed by atoms with Crippen LogP contribution in [-0.4, -0.2) is 17.0 Å². The number of carbonyl (C=O) groups is 2. The molecule has 0 saturated carbocycles. The Morgan fingerprint density at radius 3 is 2.14 bits per heavy atom. The van der Waals surface area contributed by atoms with Gasteiger partial charge in [-0.1, -0.05) is 23.2 Å². The van der Waals surface area contributed by atoms with Gasteiger partial charge in [0.15, 0.2) is 0 Å². The molecule has 2 aromatic carbocycles. The van der Waals surface area contributed by atoms with Crippen molar-refractivity contribution in [2.75, 3.05) is 5.32 Å². The smallest absolute Gasteiger partial charge is 0.335 e. The Bertz CT molecular complexity index is 712. The number of halogens is 2. The van der Waals surface area contributed by atoms with Gasteiger partial charge in [-0.15, -0.1) is 0 Å².